The Morgan fingerprint density at radius 2 is 2.21 bits per heavy atom. The van der Waals surface area contributed by atoms with E-state index in [0.717, 1.165) is 41.3 Å². The molecule has 0 saturated heterocycles. The van der Waals surface area contributed by atoms with Gasteiger partial charge < -0.3 is 4.90 Å². The van der Waals surface area contributed by atoms with Crippen molar-refractivity contribution in [1.29, 1.82) is 0 Å². The van der Waals surface area contributed by atoms with Crippen LogP contribution in [0, 0.1) is 0 Å². The summed E-state index contributed by atoms with van der Waals surface area (Å²) in [7, 11) is 0. The lowest BCUT2D eigenvalue weighted by Gasteiger charge is -2.20. The molecule has 0 fully saturated rings. The van der Waals surface area contributed by atoms with E-state index in [4.69, 9.17) is 0 Å². The van der Waals surface area contributed by atoms with Crippen LogP contribution in [0.3, 0.4) is 0 Å². The van der Waals surface area contributed by atoms with Crippen molar-refractivity contribution in [3.63, 3.8) is 0 Å². The zero-order valence-electron chi connectivity index (χ0n) is 11.0. The van der Waals surface area contributed by atoms with E-state index >= 15 is 0 Å². The number of benzene rings is 1. The van der Waals surface area contributed by atoms with Crippen molar-refractivity contribution in [2.45, 2.75) is 13.3 Å². The number of halogens is 1. The molecular formula is C15H17BrN2O. The van der Waals surface area contributed by atoms with Gasteiger partial charge in [-0.3, -0.25) is 9.78 Å². The molecule has 0 aliphatic carbocycles. The summed E-state index contributed by atoms with van der Waals surface area (Å²) in [5, 5.41) is 1.92. The highest BCUT2D eigenvalue weighted by Crippen LogP contribution is 2.15. The summed E-state index contributed by atoms with van der Waals surface area (Å²) in [5.74, 6) is 0.0919. The Balaban J connectivity index is 2.24. The molecule has 0 aliphatic rings. The zero-order chi connectivity index (χ0) is 13.7. The molecule has 0 radical (unpaired) electrons. The van der Waals surface area contributed by atoms with Gasteiger partial charge in [-0.05, 0) is 37.6 Å². The second kappa shape index (κ2) is 6.66. The van der Waals surface area contributed by atoms with E-state index in [-0.39, 0.29) is 5.91 Å². The molecule has 0 saturated carbocycles. The Kier molecular flexibility index (Phi) is 4.91. The molecule has 2 rings (SSSR count). The molecule has 0 unspecified atom stereocenters. The van der Waals surface area contributed by atoms with Gasteiger partial charge in [0.2, 0.25) is 0 Å². The zero-order valence-corrected chi connectivity index (χ0v) is 12.6. The minimum Gasteiger partial charge on any atom is -0.339 e. The third-order valence-electron chi connectivity index (χ3n) is 3.08. The van der Waals surface area contributed by atoms with E-state index in [9.17, 15) is 4.79 Å². The second-order valence-electron chi connectivity index (χ2n) is 4.34. The number of fused-ring (bicyclic) bond motifs is 1. The van der Waals surface area contributed by atoms with Gasteiger partial charge in [-0.15, -0.1) is 0 Å². The number of amides is 1. The minimum absolute atomic E-state index is 0.0919. The maximum Gasteiger partial charge on any atom is 0.253 e. The molecule has 0 bridgehead atoms. The van der Waals surface area contributed by atoms with Crippen LogP contribution in [-0.4, -0.2) is 34.2 Å². The number of alkyl halides is 1. The summed E-state index contributed by atoms with van der Waals surface area (Å²) in [6, 6.07) is 9.55. The van der Waals surface area contributed by atoms with Crippen LogP contribution in [-0.2, 0) is 0 Å². The molecular weight excluding hydrogens is 304 g/mol. The summed E-state index contributed by atoms with van der Waals surface area (Å²) >= 11 is 3.40. The predicted octanol–water partition coefficient (Wildman–Crippen LogP) is 3.48. The first-order chi connectivity index (χ1) is 9.26. The highest BCUT2D eigenvalue weighted by atomic mass is 79.9. The average molecular weight is 321 g/mol. The Bertz CT molecular complexity index is 571. The van der Waals surface area contributed by atoms with Crippen molar-refractivity contribution in [1.82, 2.24) is 9.88 Å². The number of carbonyl (C=O) groups excluding carboxylic acids is 1. The summed E-state index contributed by atoms with van der Waals surface area (Å²) < 4.78 is 0. The summed E-state index contributed by atoms with van der Waals surface area (Å²) in [5.41, 5.74) is 1.65. The van der Waals surface area contributed by atoms with Crippen LogP contribution in [0.15, 0.2) is 36.5 Å². The lowest BCUT2D eigenvalue weighted by atomic mass is 10.1. The third kappa shape index (κ3) is 3.32. The lowest BCUT2D eigenvalue weighted by molar-refractivity contribution is 0.0765. The third-order valence-corrected chi connectivity index (χ3v) is 3.64. The van der Waals surface area contributed by atoms with E-state index in [1.807, 2.05) is 42.2 Å². The Labute approximate surface area is 121 Å². The van der Waals surface area contributed by atoms with Crippen LogP contribution in [0.5, 0.6) is 0 Å². The molecule has 0 N–H and O–H groups in total. The van der Waals surface area contributed by atoms with Gasteiger partial charge in [-0.2, -0.15) is 0 Å². The van der Waals surface area contributed by atoms with Crippen LogP contribution in [0.2, 0.25) is 0 Å². The van der Waals surface area contributed by atoms with Crippen LogP contribution < -0.4 is 0 Å². The molecule has 0 atom stereocenters. The molecule has 3 nitrogen and oxygen atoms in total. The fraction of sp³-hybridized carbons (Fsp3) is 0.333. The minimum atomic E-state index is 0.0919. The van der Waals surface area contributed by atoms with Gasteiger partial charge in [-0.1, -0.05) is 22.0 Å². The summed E-state index contributed by atoms with van der Waals surface area (Å²) in [6.45, 7) is 3.53. The van der Waals surface area contributed by atoms with Crippen molar-refractivity contribution in [2.24, 2.45) is 0 Å². The van der Waals surface area contributed by atoms with Crippen LogP contribution in [0.25, 0.3) is 10.9 Å². The van der Waals surface area contributed by atoms with Crippen molar-refractivity contribution in [3.8, 4) is 0 Å². The highest BCUT2D eigenvalue weighted by Gasteiger charge is 2.13. The van der Waals surface area contributed by atoms with E-state index in [1.165, 1.54) is 0 Å². The number of carbonyl (C=O) groups is 1. The molecule has 4 heteroatoms. The predicted molar refractivity (Wildman–Crippen MR) is 81.7 cm³/mol. The average Bonchev–Trinajstić information content (AvgIpc) is 2.47. The molecule has 2 aromatic rings. The number of hydrogen-bond acceptors (Lipinski definition) is 2. The number of hydrogen-bond donors (Lipinski definition) is 0. The van der Waals surface area contributed by atoms with E-state index in [2.05, 4.69) is 20.9 Å². The molecule has 100 valence electrons. The maximum atomic E-state index is 12.4. The Morgan fingerprint density at radius 1 is 1.37 bits per heavy atom. The van der Waals surface area contributed by atoms with Crippen molar-refractivity contribution < 1.29 is 4.79 Å². The maximum absolute atomic E-state index is 12.4. The standard InChI is InChI=1S/C15H17BrN2O/c1-2-18(10-4-8-16)15(19)13-6-7-14-12(11-13)5-3-9-17-14/h3,5-7,9,11H,2,4,8,10H2,1H3. The first kappa shape index (κ1) is 14.0. The number of nitrogens with zero attached hydrogens (tertiary/aromatic N) is 2. The SMILES string of the molecule is CCN(CCCBr)C(=O)c1ccc2ncccc2c1. The monoisotopic (exact) mass is 320 g/mol. The van der Waals surface area contributed by atoms with E-state index in [1.54, 1.807) is 6.20 Å². The largest absolute Gasteiger partial charge is 0.339 e. The van der Waals surface area contributed by atoms with Crippen LogP contribution in [0.4, 0.5) is 0 Å². The first-order valence-electron chi connectivity index (χ1n) is 6.46. The topological polar surface area (TPSA) is 33.2 Å². The number of rotatable bonds is 5. The highest BCUT2D eigenvalue weighted by molar-refractivity contribution is 9.09. The summed E-state index contributed by atoms with van der Waals surface area (Å²) in [6.07, 6.45) is 2.73. The second-order valence-corrected chi connectivity index (χ2v) is 5.13. The van der Waals surface area contributed by atoms with E-state index < -0.39 is 0 Å². The van der Waals surface area contributed by atoms with Gasteiger partial charge in [0.25, 0.3) is 5.91 Å². The van der Waals surface area contributed by atoms with Gasteiger partial charge in [0, 0.05) is 35.6 Å². The molecule has 0 aliphatic heterocycles. The van der Waals surface area contributed by atoms with Crippen molar-refractivity contribution >= 4 is 32.7 Å². The smallest absolute Gasteiger partial charge is 0.253 e. The van der Waals surface area contributed by atoms with Gasteiger partial charge in [0.15, 0.2) is 0 Å². The fourth-order valence-electron chi connectivity index (χ4n) is 2.05. The molecule has 19 heavy (non-hydrogen) atoms. The van der Waals surface area contributed by atoms with Gasteiger partial charge in [0.05, 0.1) is 5.52 Å². The molecule has 0 spiro atoms. The first-order valence-corrected chi connectivity index (χ1v) is 7.58. The molecule has 1 heterocycles. The Morgan fingerprint density at radius 3 is 2.95 bits per heavy atom. The molecule has 1 aromatic heterocycles. The molecule has 1 amide bonds. The number of aromatic nitrogens is 1. The summed E-state index contributed by atoms with van der Waals surface area (Å²) in [4.78, 5) is 18.6. The van der Waals surface area contributed by atoms with Crippen LogP contribution >= 0.6 is 15.9 Å². The van der Waals surface area contributed by atoms with Gasteiger partial charge in [0.1, 0.15) is 0 Å². The quantitative estimate of drug-likeness (QED) is 0.790. The van der Waals surface area contributed by atoms with Crippen molar-refractivity contribution in [2.75, 3.05) is 18.4 Å². The van der Waals surface area contributed by atoms with E-state index in [0.29, 0.717) is 0 Å². The Hall–Kier alpha value is -1.42. The molecule has 1 aromatic carbocycles. The fourth-order valence-corrected chi connectivity index (χ4v) is 2.30. The lowest BCUT2D eigenvalue weighted by Crippen LogP contribution is -2.31. The van der Waals surface area contributed by atoms with Crippen LogP contribution in [0.1, 0.15) is 23.7 Å². The van der Waals surface area contributed by atoms with Gasteiger partial charge >= 0.3 is 0 Å². The van der Waals surface area contributed by atoms with Gasteiger partial charge in [-0.25, -0.2) is 0 Å². The van der Waals surface area contributed by atoms with Crippen molar-refractivity contribution in [3.05, 3.63) is 42.1 Å². The normalized spacial score (nSPS) is 10.6. The number of pyridine rings is 1.